The molecule has 0 aliphatic rings. The topological polar surface area (TPSA) is 76.9 Å². The van der Waals surface area contributed by atoms with Gasteiger partial charge in [-0.2, -0.15) is 0 Å². The summed E-state index contributed by atoms with van der Waals surface area (Å²) in [7, 11) is 0. The molecule has 6 nitrogen and oxygen atoms in total. The van der Waals surface area contributed by atoms with Gasteiger partial charge in [0.2, 0.25) is 5.91 Å². The molecule has 1 amide bonds. The predicted octanol–water partition coefficient (Wildman–Crippen LogP) is 3.36. The van der Waals surface area contributed by atoms with E-state index in [0.717, 1.165) is 10.1 Å². The van der Waals surface area contributed by atoms with E-state index in [4.69, 9.17) is 11.6 Å². The fourth-order valence-corrected chi connectivity index (χ4v) is 4.38. The van der Waals surface area contributed by atoms with Crippen LogP contribution in [0.5, 0.6) is 0 Å². The number of rotatable bonds is 3. The van der Waals surface area contributed by atoms with Crippen LogP contribution in [0.4, 0.5) is 5.13 Å². The highest BCUT2D eigenvalue weighted by Crippen LogP contribution is 2.34. The van der Waals surface area contributed by atoms with E-state index in [1.165, 1.54) is 33.6 Å². The Labute approximate surface area is 148 Å². The van der Waals surface area contributed by atoms with Gasteiger partial charge in [-0.1, -0.05) is 17.7 Å². The van der Waals surface area contributed by atoms with Crippen molar-refractivity contribution in [2.75, 3.05) is 5.32 Å². The molecule has 3 heterocycles. The molecule has 4 rings (SSSR count). The molecule has 0 aliphatic carbocycles. The van der Waals surface area contributed by atoms with Crippen molar-refractivity contribution in [2.45, 2.75) is 6.54 Å². The molecule has 120 valence electrons. The van der Waals surface area contributed by atoms with Crippen LogP contribution in [0.3, 0.4) is 0 Å². The monoisotopic (exact) mass is 376 g/mol. The van der Waals surface area contributed by atoms with Gasteiger partial charge < -0.3 is 5.32 Å². The van der Waals surface area contributed by atoms with Crippen LogP contribution in [-0.2, 0) is 11.3 Å². The minimum atomic E-state index is -0.327. The maximum Gasteiger partial charge on any atom is 0.271 e. The first-order valence-corrected chi connectivity index (χ1v) is 8.96. The average Bonchev–Trinajstić information content (AvgIpc) is 3.18. The second-order valence-electron chi connectivity index (χ2n) is 4.96. The molecule has 0 atom stereocenters. The Bertz CT molecular complexity index is 1120. The third kappa shape index (κ3) is 2.58. The lowest BCUT2D eigenvalue weighted by molar-refractivity contribution is -0.116. The molecule has 0 spiro atoms. The maximum absolute atomic E-state index is 12.6. The molecule has 24 heavy (non-hydrogen) atoms. The summed E-state index contributed by atoms with van der Waals surface area (Å²) in [6.45, 7) is -0.122. The number of hydrogen-bond donors (Lipinski definition) is 1. The van der Waals surface area contributed by atoms with Crippen LogP contribution in [0.2, 0.25) is 5.02 Å². The van der Waals surface area contributed by atoms with E-state index in [-0.39, 0.29) is 18.0 Å². The standard InChI is InChI=1S/C15H9ClN4O2S2/c16-8-2-1-3-9-11(8)12-13(24-9)14(22)20(7-18-12)6-10(21)19-15-17-4-5-23-15/h1-5,7H,6H2,(H,17,19,21). The number of nitrogens with zero attached hydrogens (tertiary/aromatic N) is 3. The van der Waals surface area contributed by atoms with Crippen molar-refractivity contribution in [2.24, 2.45) is 0 Å². The van der Waals surface area contributed by atoms with Gasteiger partial charge in [0.25, 0.3) is 5.56 Å². The maximum atomic E-state index is 12.6. The number of thiophene rings is 1. The van der Waals surface area contributed by atoms with Crippen molar-refractivity contribution in [3.8, 4) is 0 Å². The Balaban J connectivity index is 1.73. The number of amides is 1. The largest absolute Gasteiger partial charge is 0.300 e. The van der Waals surface area contributed by atoms with E-state index in [2.05, 4.69) is 15.3 Å². The van der Waals surface area contributed by atoms with Gasteiger partial charge in [0.15, 0.2) is 5.13 Å². The van der Waals surface area contributed by atoms with Gasteiger partial charge in [-0.15, -0.1) is 22.7 Å². The molecule has 0 aliphatic heterocycles. The Kier molecular flexibility index (Phi) is 3.79. The zero-order chi connectivity index (χ0) is 16.7. The second-order valence-corrected chi connectivity index (χ2v) is 7.31. The highest BCUT2D eigenvalue weighted by Gasteiger charge is 2.15. The summed E-state index contributed by atoms with van der Waals surface area (Å²) in [6.07, 6.45) is 2.97. The summed E-state index contributed by atoms with van der Waals surface area (Å²) in [6, 6.07) is 5.50. The summed E-state index contributed by atoms with van der Waals surface area (Å²) in [4.78, 5) is 33.0. The van der Waals surface area contributed by atoms with Crippen molar-refractivity contribution in [3.63, 3.8) is 0 Å². The third-order valence-electron chi connectivity index (χ3n) is 3.41. The lowest BCUT2D eigenvalue weighted by atomic mass is 10.2. The molecule has 9 heteroatoms. The summed E-state index contributed by atoms with van der Waals surface area (Å²) < 4.78 is 2.67. The number of hydrogen-bond acceptors (Lipinski definition) is 6. The van der Waals surface area contributed by atoms with Crippen molar-refractivity contribution >= 4 is 65.6 Å². The lowest BCUT2D eigenvalue weighted by Crippen LogP contribution is -2.27. The van der Waals surface area contributed by atoms with Crippen molar-refractivity contribution in [1.82, 2.24) is 14.5 Å². The number of benzene rings is 1. The minimum Gasteiger partial charge on any atom is -0.300 e. The number of aromatic nitrogens is 3. The minimum absolute atomic E-state index is 0.122. The van der Waals surface area contributed by atoms with Gasteiger partial charge >= 0.3 is 0 Å². The van der Waals surface area contributed by atoms with Crippen LogP contribution in [-0.4, -0.2) is 20.4 Å². The number of carbonyl (C=O) groups is 1. The number of halogens is 1. The smallest absolute Gasteiger partial charge is 0.271 e. The van der Waals surface area contributed by atoms with Crippen LogP contribution < -0.4 is 10.9 Å². The first-order valence-electron chi connectivity index (χ1n) is 6.89. The highest BCUT2D eigenvalue weighted by atomic mass is 35.5. The highest BCUT2D eigenvalue weighted by molar-refractivity contribution is 7.25. The van der Waals surface area contributed by atoms with Gasteiger partial charge in [0.05, 0.1) is 16.9 Å². The molecule has 0 saturated heterocycles. The molecule has 1 N–H and O–H groups in total. The predicted molar refractivity (Wildman–Crippen MR) is 97.1 cm³/mol. The van der Waals surface area contributed by atoms with Crippen LogP contribution in [0, 0.1) is 0 Å². The number of fused-ring (bicyclic) bond motifs is 3. The fraction of sp³-hybridized carbons (Fsp3) is 0.0667. The normalized spacial score (nSPS) is 11.2. The van der Waals surface area contributed by atoms with E-state index in [1.54, 1.807) is 17.6 Å². The number of carbonyl (C=O) groups excluding carboxylic acids is 1. The fourth-order valence-electron chi connectivity index (χ4n) is 2.38. The number of thiazole rings is 1. The molecule has 4 aromatic rings. The summed E-state index contributed by atoms with van der Waals surface area (Å²) >= 11 is 8.86. The van der Waals surface area contributed by atoms with Crippen LogP contribution in [0.1, 0.15) is 0 Å². The van der Waals surface area contributed by atoms with E-state index in [9.17, 15) is 9.59 Å². The SMILES string of the molecule is O=C(Cn1cnc2c(sc3cccc(Cl)c32)c1=O)Nc1nccs1. The average molecular weight is 377 g/mol. The van der Waals surface area contributed by atoms with E-state index < -0.39 is 0 Å². The summed E-state index contributed by atoms with van der Waals surface area (Å²) in [5, 5.41) is 6.23. The molecule has 0 radical (unpaired) electrons. The third-order valence-corrected chi connectivity index (χ3v) is 5.55. The molecular weight excluding hydrogens is 368 g/mol. The number of nitrogens with one attached hydrogen (secondary N) is 1. The van der Waals surface area contributed by atoms with E-state index in [0.29, 0.717) is 20.4 Å². The zero-order valence-electron chi connectivity index (χ0n) is 12.0. The van der Waals surface area contributed by atoms with Crippen LogP contribution >= 0.6 is 34.3 Å². The molecule has 0 bridgehead atoms. The molecule has 0 unspecified atom stereocenters. The van der Waals surface area contributed by atoms with Gasteiger partial charge in [-0.25, -0.2) is 9.97 Å². The molecule has 3 aromatic heterocycles. The Morgan fingerprint density at radius 2 is 2.21 bits per heavy atom. The number of anilines is 1. The molecule has 1 aromatic carbocycles. The Morgan fingerprint density at radius 3 is 3.00 bits per heavy atom. The van der Waals surface area contributed by atoms with Gasteiger partial charge in [0, 0.05) is 21.7 Å². The van der Waals surface area contributed by atoms with Crippen molar-refractivity contribution < 1.29 is 4.79 Å². The van der Waals surface area contributed by atoms with Crippen molar-refractivity contribution in [1.29, 1.82) is 0 Å². The van der Waals surface area contributed by atoms with Crippen molar-refractivity contribution in [3.05, 3.63) is 51.5 Å². The van der Waals surface area contributed by atoms with Gasteiger partial charge in [0.1, 0.15) is 11.2 Å². The van der Waals surface area contributed by atoms with Crippen LogP contribution in [0.15, 0.2) is 40.9 Å². The van der Waals surface area contributed by atoms with Crippen LogP contribution in [0.25, 0.3) is 20.3 Å². The van der Waals surface area contributed by atoms with Gasteiger partial charge in [-0.05, 0) is 12.1 Å². The van der Waals surface area contributed by atoms with E-state index >= 15 is 0 Å². The molecule has 0 saturated carbocycles. The first kappa shape index (κ1) is 15.3. The Morgan fingerprint density at radius 1 is 1.33 bits per heavy atom. The summed E-state index contributed by atoms with van der Waals surface area (Å²) in [5.41, 5.74) is 0.314. The van der Waals surface area contributed by atoms with E-state index in [1.807, 2.05) is 12.1 Å². The quantitative estimate of drug-likeness (QED) is 0.594. The second kappa shape index (κ2) is 5.97. The first-order chi connectivity index (χ1) is 11.6. The molecular formula is C15H9ClN4O2S2. The lowest BCUT2D eigenvalue weighted by Gasteiger charge is -2.05. The Hall–Kier alpha value is -2.29. The van der Waals surface area contributed by atoms with Gasteiger partial charge in [-0.3, -0.25) is 14.2 Å². The summed E-state index contributed by atoms with van der Waals surface area (Å²) in [5.74, 6) is -0.327. The zero-order valence-corrected chi connectivity index (χ0v) is 14.4. The molecule has 0 fully saturated rings.